The van der Waals surface area contributed by atoms with E-state index in [9.17, 15) is 14.8 Å². The number of ether oxygens (including phenoxy) is 1. The molecule has 4 N–H and O–H groups in total. The Kier molecular flexibility index (Phi) is 5.79. The number of aliphatic hydroxyl groups is 2. The quantitative estimate of drug-likeness (QED) is 0.357. The van der Waals surface area contributed by atoms with Crippen molar-refractivity contribution in [3.05, 3.63) is 11.6 Å². The Morgan fingerprint density at radius 1 is 1.33 bits per heavy atom. The lowest BCUT2D eigenvalue weighted by molar-refractivity contribution is -0.0503. The van der Waals surface area contributed by atoms with Gasteiger partial charge in [0.2, 0.25) is 5.28 Å². The zero-order valence-electron chi connectivity index (χ0n) is 16.3. The minimum absolute atomic E-state index is 0.0408. The van der Waals surface area contributed by atoms with E-state index in [1.54, 1.807) is 18.4 Å². The predicted molar refractivity (Wildman–Crippen MR) is 105 cm³/mol. The highest BCUT2D eigenvalue weighted by molar-refractivity contribution is 7.48. The molecule has 30 heavy (non-hydrogen) atoms. The number of nitrogens with zero attached hydrogens (tertiary/aromatic N) is 4. The molecule has 0 radical (unpaired) electrons. The molecule has 2 aromatic rings. The smallest absolute Gasteiger partial charge is 0.396 e. The van der Waals surface area contributed by atoms with Gasteiger partial charge in [-0.2, -0.15) is 9.97 Å². The zero-order valence-corrected chi connectivity index (χ0v) is 18.0. The van der Waals surface area contributed by atoms with E-state index in [1.807, 2.05) is 0 Å². The van der Waals surface area contributed by atoms with Crippen molar-refractivity contribution in [1.82, 2.24) is 19.5 Å². The van der Waals surface area contributed by atoms with Crippen LogP contribution in [0.15, 0.2) is 6.33 Å². The van der Waals surface area contributed by atoms with Gasteiger partial charge in [0.1, 0.15) is 11.6 Å². The van der Waals surface area contributed by atoms with E-state index in [1.165, 1.54) is 6.33 Å². The van der Waals surface area contributed by atoms with Crippen molar-refractivity contribution in [1.29, 1.82) is 0 Å². The van der Waals surface area contributed by atoms with Crippen LogP contribution < -0.4 is 5.73 Å². The van der Waals surface area contributed by atoms with E-state index >= 15 is 0 Å². The van der Waals surface area contributed by atoms with Crippen LogP contribution in [0, 0.1) is 5.41 Å². The van der Waals surface area contributed by atoms with Crippen LogP contribution in [0.3, 0.4) is 0 Å². The van der Waals surface area contributed by atoms with Crippen molar-refractivity contribution in [3.63, 3.8) is 0 Å². The molecule has 1 aliphatic carbocycles. The number of fused-ring (bicyclic) bond motifs is 2. The molecule has 5 atom stereocenters. The minimum Gasteiger partial charge on any atom is -0.396 e. The molecule has 1 saturated carbocycles. The second-order valence-electron chi connectivity index (χ2n) is 7.04. The maximum absolute atomic E-state index is 12.5. The average Bonchev–Trinajstić information content (AvgIpc) is 2.97. The van der Waals surface area contributed by atoms with E-state index in [4.69, 9.17) is 35.6 Å². The third kappa shape index (κ3) is 3.32. The first kappa shape index (κ1) is 21.8. The van der Waals surface area contributed by atoms with E-state index in [2.05, 4.69) is 15.0 Å². The largest absolute Gasteiger partial charge is 0.474 e. The van der Waals surface area contributed by atoms with Gasteiger partial charge >= 0.3 is 7.82 Å². The summed E-state index contributed by atoms with van der Waals surface area (Å²) in [5.74, 6) is 0.128. The predicted octanol–water partition coefficient (Wildman–Crippen LogP) is 0.921. The highest BCUT2D eigenvalue weighted by Crippen LogP contribution is 2.66. The van der Waals surface area contributed by atoms with E-state index in [0.717, 1.165) is 0 Å². The van der Waals surface area contributed by atoms with Gasteiger partial charge in [-0.3, -0.25) is 13.6 Å². The van der Waals surface area contributed by atoms with Crippen LogP contribution >= 0.6 is 19.4 Å². The number of anilines is 1. The van der Waals surface area contributed by atoms with Crippen molar-refractivity contribution in [2.24, 2.45) is 5.41 Å². The molecular formula is C16H23ClN5O7P. The summed E-state index contributed by atoms with van der Waals surface area (Å²) in [7, 11) is -3.76. The molecule has 2 aromatic heterocycles. The molecule has 1 aliphatic heterocycles. The third-order valence-corrected chi connectivity index (χ3v) is 7.23. The second-order valence-corrected chi connectivity index (χ2v) is 9.04. The van der Waals surface area contributed by atoms with Gasteiger partial charge in [0.25, 0.3) is 0 Å². The Morgan fingerprint density at radius 2 is 2.03 bits per heavy atom. The number of hydrogen-bond acceptors (Lipinski definition) is 11. The summed E-state index contributed by atoms with van der Waals surface area (Å²) in [6.07, 6.45) is -0.990. The molecule has 1 saturated heterocycles. The molecule has 2 fully saturated rings. The van der Waals surface area contributed by atoms with Crippen LogP contribution in [0.5, 0.6) is 0 Å². The number of aliphatic hydroxyl groups excluding tert-OH is 2. The fourth-order valence-corrected chi connectivity index (χ4v) is 5.43. The molecule has 0 amide bonds. The summed E-state index contributed by atoms with van der Waals surface area (Å²) in [4.78, 5) is 12.2. The van der Waals surface area contributed by atoms with Crippen molar-refractivity contribution < 1.29 is 33.1 Å². The Labute approximate surface area is 176 Å². The lowest BCUT2D eigenvalue weighted by Crippen LogP contribution is -2.38. The first-order valence-corrected chi connectivity index (χ1v) is 11.3. The van der Waals surface area contributed by atoms with Crippen LogP contribution in [-0.4, -0.2) is 74.5 Å². The molecule has 0 spiro atoms. The van der Waals surface area contributed by atoms with Crippen LogP contribution in [-0.2, 0) is 22.9 Å². The number of imidazole rings is 1. The molecule has 12 nitrogen and oxygen atoms in total. The van der Waals surface area contributed by atoms with Crippen molar-refractivity contribution in [2.75, 3.05) is 32.2 Å². The zero-order chi connectivity index (χ0) is 21.7. The molecule has 166 valence electrons. The van der Waals surface area contributed by atoms with Crippen LogP contribution in [0.1, 0.15) is 19.9 Å². The van der Waals surface area contributed by atoms with Gasteiger partial charge in [-0.15, -0.1) is 0 Å². The number of nitrogen functional groups attached to an aromatic ring is 1. The maximum Gasteiger partial charge on any atom is 0.474 e. The van der Waals surface area contributed by atoms with Gasteiger partial charge in [0, 0.05) is 0 Å². The van der Waals surface area contributed by atoms with Gasteiger partial charge in [-0.05, 0) is 25.4 Å². The van der Waals surface area contributed by atoms with E-state index < -0.39 is 37.6 Å². The van der Waals surface area contributed by atoms with Gasteiger partial charge in [0.15, 0.2) is 11.5 Å². The SMILES string of the molecule is CCOP(=O)(OCC)OC[C@H]1O[C@H]2C(n3cnc4c(N)nc(Cl)nc43)C2(CO)C1O. The normalized spacial score (nSPS) is 30.7. The Hall–Kier alpha value is -1.37. The first-order valence-electron chi connectivity index (χ1n) is 9.44. The number of rotatable bonds is 9. The fraction of sp³-hybridized carbons (Fsp3) is 0.688. The molecule has 14 heteroatoms. The Bertz CT molecular complexity index is 982. The Balaban J connectivity index is 1.53. The summed E-state index contributed by atoms with van der Waals surface area (Å²) in [5, 5.41) is 21.0. The van der Waals surface area contributed by atoms with Crippen molar-refractivity contribution >= 4 is 36.4 Å². The standard InChI is InChI=1S/C16H23ClN5O7P/c1-3-26-30(25,27-4-2)28-5-8-11(24)16(6-23)10(12(16)29-8)22-7-19-9-13(18)20-15(17)21-14(9)22/h7-8,10-12,23-24H,3-6H2,1-2H3,(H2,18,20,21)/t8-,10?,11?,12+,16?/m1/s1. The van der Waals surface area contributed by atoms with Crippen molar-refractivity contribution in [3.8, 4) is 0 Å². The number of nitrogens with two attached hydrogens (primary N) is 1. The molecule has 0 aromatic carbocycles. The first-order chi connectivity index (χ1) is 14.3. The van der Waals surface area contributed by atoms with Gasteiger partial charge in [0.05, 0.1) is 56.4 Å². The fourth-order valence-electron chi connectivity index (χ4n) is 4.08. The lowest BCUT2D eigenvalue weighted by Gasteiger charge is -2.26. The number of halogens is 1. The van der Waals surface area contributed by atoms with E-state index in [0.29, 0.717) is 11.2 Å². The number of phosphoric acid groups is 1. The van der Waals surface area contributed by atoms with Gasteiger partial charge < -0.3 is 25.3 Å². The van der Waals surface area contributed by atoms with Crippen LogP contribution in [0.25, 0.3) is 11.2 Å². The number of hydrogen-bond donors (Lipinski definition) is 3. The maximum atomic E-state index is 12.5. The van der Waals surface area contributed by atoms with E-state index in [-0.39, 0.29) is 37.5 Å². The molecule has 0 bridgehead atoms. The van der Waals surface area contributed by atoms with Crippen LogP contribution in [0.4, 0.5) is 5.82 Å². The monoisotopic (exact) mass is 463 g/mol. The van der Waals surface area contributed by atoms with Gasteiger partial charge in [-0.1, -0.05) is 0 Å². The van der Waals surface area contributed by atoms with Crippen molar-refractivity contribution in [2.45, 2.75) is 38.2 Å². The topological polar surface area (TPSA) is 164 Å². The van der Waals surface area contributed by atoms with Gasteiger partial charge in [-0.25, -0.2) is 9.55 Å². The summed E-state index contributed by atoms with van der Waals surface area (Å²) >= 11 is 5.91. The number of phosphoric ester groups is 1. The molecule has 3 heterocycles. The highest BCUT2D eigenvalue weighted by atomic mass is 35.5. The van der Waals surface area contributed by atoms with Crippen LogP contribution in [0.2, 0.25) is 5.28 Å². The average molecular weight is 464 g/mol. The summed E-state index contributed by atoms with van der Waals surface area (Å²) in [5.41, 5.74) is 5.58. The molecule has 3 unspecified atom stereocenters. The summed E-state index contributed by atoms with van der Waals surface area (Å²) < 4.78 is 35.5. The number of aromatic nitrogens is 4. The lowest BCUT2D eigenvalue weighted by atomic mass is 9.96. The minimum atomic E-state index is -3.76. The molecule has 4 rings (SSSR count). The summed E-state index contributed by atoms with van der Waals surface area (Å²) in [6, 6.07) is -0.449. The second kappa shape index (κ2) is 7.95. The summed E-state index contributed by atoms with van der Waals surface area (Å²) in [6.45, 7) is 3.01. The third-order valence-electron chi connectivity index (χ3n) is 5.45. The molecular weight excluding hydrogens is 441 g/mol. The molecule has 2 aliphatic rings. The Morgan fingerprint density at radius 3 is 2.63 bits per heavy atom. The highest BCUT2D eigenvalue weighted by Gasteiger charge is 2.77.